The summed E-state index contributed by atoms with van der Waals surface area (Å²) in [6.45, 7) is 5.97. The van der Waals surface area contributed by atoms with Crippen LogP contribution in [0.25, 0.3) is 6.08 Å². The quantitative estimate of drug-likeness (QED) is 0.0574. The topological polar surface area (TPSA) is 44.8 Å². The molecule has 0 radical (unpaired) electrons. The monoisotopic (exact) mass is 598 g/mol. The van der Waals surface area contributed by atoms with Crippen molar-refractivity contribution in [3.05, 3.63) is 29.8 Å². The van der Waals surface area contributed by atoms with Crippen molar-refractivity contribution >= 4 is 12.0 Å². The van der Waals surface area contributed by atoms with Crippen LogP contribution in [0.3, 0.4) is 0 Å². The summed E-state index contributed by atoms with van der Waals surface area (Å²) in [4.78, 5) is 12.5. The fourth-order valence-electron chi connectivity index (χ4n) is 5.97. The van der Waals surface area contributed by atoms with Crippen LogP contribution in [-0.2, 0) is 9.53 Å². The van der Waals surface area contributed by atoms with Crippen LogP contribution in [0.5, 0.6) is 11.5 Å². The molecule has 0 aromatic heterocycles. The first kappa shape index (κ1) is 37.2. The predicted octanol–water partition coefficient (Wildman–Crippen LogP) is 12.2. The number of ether oxygens (including phenoxy) is 3. The summed E-state index contributed by atoms with van der Waals surface area (Å²) in [5, 5.41) is 0. The minimum atomic E-state index is -0.260. The van der Waals surface area contributed by atoms with Crippen molar-refractivity contribution in [1.29, 1.82) is 0 Å². The zero-order chi connectivity index (χ0) is 30.6. The van der Waals surface area contributed by atoms with Gasteiger partial charge in [-0.15, -0.1) is 0 Å². The normalized spacial score (nSPS) is 13.9. The van der Waals surface area contributed by atoms with Gasteiger partial charge in [0.2, 0.25) is 0 Å². The van der Waals surface area contributed by atoms with Gasteiger partial charge in [-0.2, -0.15) is 0 Å². The molecule has 0 N–H and O–H groups in total. The Morgan fingerprint density at radius 3 is 1.67 bits per heavy atom. The highest BCUT2D eigenvalue weighted by Gasteiger charge is 2.16. The highest BCUT2D eigenvalue weighted by atomic mass is 16.5. The van der Waals surface area contributed by atoms with Gasteiger partial charge in [-0.05, 0) is 62.8 Å². The van der Waals surface area contributed by atoms with Gasteiger partial charge in [-0.25, -0.2) is 4.79 Å². The van der Waals surface area contributed by atoms with Crippen molar-refractivity contribution in [2.24, 2.45) is 0 Å². The van der Waals surface area contributed by atoms with Crippen LogP contribution in [0.15, 0.2) is 24.3 Å². The molecule has 0 atom stereocenters. The second kappa shape index (κ2) is 26.4. The number of hydrogen-bond donors (Lipinski definition) is 0. The maximum Gasteiger partial charge on any atom is 0.331 e. The number of benzene rings is 1. The molecule has 0 unspecified atom stereocenters. The number of unbranched alkanes of at least 4 members (excludes halogenated alkanes) is 18. The second-order valence-corrected chi connectivity index (χ2v) is 12.8. The summed E-state index contributed by atoms with van der Waals surface area (Å²) < 4.78 is 18.0. The van der Waals surface area contributed by atoms with Crippen LogP contribution in [0, 0.1) is 0 Å². The first-order valence-electron chi connectivity index (χ1n) is 18.5. The lowest BCUT2D eigenvalue weighted by Gasteiger charge is -2.20. The molecule has 2 rings (SSSR count). The summed E-state index contributed by atoms with van der Waals surface area (Å²) in [5.41, 5.74) is 0.883. The smallest absolute Gasteiger partial charge is 0.331 e. The van der Waals surface area contributed by atoms with E-state index in [2.05, 4.69) is 13.8 Å². The summed E-state index contributed by atoms with van der Waals surface area (Å²) in [6, 6.07) is 6.01. The van der Waals surface area contributed by atoms with Crippen molar-refractivity contribution < 1.29 is 19.0 Å². The van der Waals surface area contributed by atoms with Crippen LogP contribution in [0.1, 0.15) is 180 Å². The van der Waals surface area contributed by atoms with E-state index in [1.165, 1.54) is 122 Å². The second-order valence-electron chi connectivity index (χ2n) is 12.8. The van der Waals surface area contributed by atoms with E-state index in [4.69, 9.17) is 14.2 Å². The standard InChI is InChI=1S/C39H66O4/c1-3-5-7-9-11-13-15-17-19-24-32-41-37-29-30-38(42-33-25-20-18-16-14-12-10-8-6-4-2)35(34-37)28-31-39(40)43-36-26-22-21-23-27-36/h28-31,34,36H,3-27,32-33H2,1-2H3. The molecule has 246 valence electrons. The summed E-state index contributed by atoms with van der Waals surface area (Å²) >= 11 is 0. The molecule has 0 spiro atoms. The molecule has 1 aromatic rings. The van der Waals surface area contributed by atoms with Gasteiger partial charge in [-0.1, -0.05) is 136 Å². The molecule has 1 saturated carbocycles. The lowest BCUT2D eigenvalue weighted by Crippen LogP contribution is -2.19. The van der Waals surface area contributed by atoms with Crippen molar-refractivity contribution in [2.75, 3.05) is 13.2 Å². The van der Waals surface area contributed by atoms with Crippen LogP contribution >= 0.6 is 0 Å². The third kappa shape index (κ3) is 19.8. The molecule has 0 heterocycles. The van der Waals surface area contributed by atoms with Gasteiger partial charge < -0.3 is 14.2 Å². The molecule has 1 aliphatic carbocycles. The molecule has 1 aliphatic rings. The van der Waals surface area contributed by atoms with Crippen LogP contribution in [0.2, 0.25) is 0 Å². The molecule has 4 heteroatoms. The Labute approximate surface area is 265 Å². The van der Waals surface area contributed by atoms with E-state index in [9.17, 15) is 4.79 Å². The molecule has 0 saturated heterocycles. The molecule has 1 fully saturated rings. The van der Waals surface area contributed by atoms with Gasteiger partial charge >= 0.3 is 5.97 Å². The number of hydrogen-bond acceptors (Lipinski definition) is 4. The Morgan fingerprint density at radius 1 is 0.651 bits per heavy atom. The summed E-state index contributed by atoms with van der Waals surface area (Å²) in [5.74, 6) is 1.38. The fourth-order valence-corrected chi connectivity index (χ4v) is 5.97. The average Bonchev–Trinajstić information content (AvgIpc) is 3.02. The Hall–Kier alpha value is -1.97. The lowest BCUT2D eigenvalue weighted by molar-refractivity contribution is -0.144. The van der Waals surface area contributed by atoms with Gasteiger partial charge in [0.1, 0.15) is 17.6 Å². The zero-order valence-corrected chi connectivity index (χ0v) is 28.2. The Bertz CT molecular complexity index is 827. The molecule has 0 aliphatic heterocycles. The third-order valence-electron chi connectivity index (χ3n) is 8.74. The SMILES string of the molecule is CCCCCCCCCCCCOc1ccc(OCCCCCCCCCCCC)c(C=CC(=O)OC2CCCCC2)c1. The summed E-state index contributed by atoms with van der Waals surface area (Å²) in [7, 11) is 0. The van der Waals surface area contributed by atoms with Crippen molar-refractivity contribution in [2.45, 2.75) is 180 Å². The number of carbonyl (C=O) groups is 1. The van der Waals surface area contributed by atoms with Gasteiger partial charge in [0.25, 0.3) is 0 Å². The number of esters is 1. The van der Waals surface area contributed by atoms with E-state index in [1.54, 1.807) is 6.08 Å². The highest BCUT2D eigenvalue weighted by molar-refractivity contribution is 5.87. The van der Waals surface area contributed by atoms with Crippen LogP contribution in [-0.4, -0.2) is 25.3 Å². The van der Waals surface area contributed by atoms with E-state index < -0.39 is 0 Å². The van der Waals surface area contributed by atoms with Gasteiger partial charge in [0.15, 0.2) is 0 Å². The largest absolute Gasteiger partial charge is 0.494 e. The van der Waals surface area contributed by atoms with Crippen LogP contribution in [0.4, 0.5) is 0 Å². The molecule has 0 amide bonds. The highest BCUT2D eigenvalue weighted by Crippen LogP contribution is 2.27. The minimum Gasteiger partial charge on any atom is -0.494 e. The first-order chi connectivity index (χ1) is 21.2. The van der Waals surface area contributed by atoms with E-state index in [0.717, 1.165) is 62.2 Å². The molecular weight excluding hydrogens is 532 g/mol. The van der Waals surface area contributed by atoms with Crippen molar-refractivity contribution in [1.82, 2.24) is 0 Å². The summed E-state index contributed by atoms with van der Waals surface area (Å²) in [6.07, 6.45) is 35.2. The van der Waals surface area contributed by atoms with E-state index in [0.29, 0.717) is 6.61 Å². The number of rotatable bonds is 27. The van der Waals surface area contributed by atoms with Gasteiger partial charge in [0, 0.05) is 11.6 Å². The van der Waals surface area contributed by atoms with Crippen LogP contribution < -0.4 is 9.47 Å². The molecule has 1 aromatic carbocycles. The van der Waals surface area contributed by atoms with E-state index in [-0.39, 0.29) is 12.1 Å². The van der Waals surface area contributed by atoms with E-state index in [1.807, 2.05) is 24.3 Å². The number of carbonyl (C=O) groups excluding carboxylic acids is 1. The maximum absolute atomic E-state index is 12.5. The molecule has 0 bridgehead atoms. The Morgan fingerprint density at radius 2 is 1.14 bits per heavy atom. The third-order valence-corrected chi connectivity index (χ3v) is 8.74. The first-order valence-corrected chi connectivity index (χ1v) is 18.5. The molecule has 4 nitrogen and oxygen atoms in total. The van der Waals surface area contributed by atoms with Gasteiger partial charge in [-0.3, -0.25) is 0 Å². The Kier molecular flexibility index (Phi) is 22.9. The maximum atomic E-state index is 12.5. The molecular formula is C39H66O4. The average molecular weight is 599 g/mol. The van der Waals surface area contributed by atoms with Crippen molar-refractivity contribution in [3.8, 4) is 11.5 Å². The predicted molar refractivity (Wildman–Crippen MR) is 183 cm³/mol. The molecule has 43 heavy (non-hydrogen) atoms. The van der Waals surface area contributed by atoms with E-state index >= 15 is 0 Å². The van der Waals surface area contributed by atoms with Crippen molar-refractivity contribution in [3.63, 3.8) is 0 Å². The zero-order valence-electron chi connectivity index (χ0n) is 28.2. The Balaban J connectivity index is 1.75. The minimum absolute atomic E-state index is 0.0636. The lowest BCUT2D eigenvalue weighted by atomic mass is 9.98. The van der Waals surface area contributed by atoms with Gasteiger partial charge in [0.05, 0.1) is 13.2 Å². The fraction of sp³-hybridized carbons (Fsp3) is 0.769.